The van der Waals surface area contributed by atoms with Gasteiger partial charge in [0, 0.05) is 38.1 Å². The van der Waals surface area contributed by atoms with Crippen LogP contribution in [0.5, 0.6) is 0 Å². The van der Waals surface area contributed by atoms with Gasteiger partial charge in [0.2, 0.25) is 0 Å². The van der Waals surface area contributed by atoms with Gasteiger partial charge in [0.25, 0.3) is 0 Å². The summed E-state index contributed by atoms with van der Waals surface area (Å²) in [6.45, 7) is 11.0. The van der Waals surface area contributed by atoms with Crippen LogP contribution in [-0.4, -0.2) is 53.3 Å². The molecule has 2 rings (SSSR count). The molecule has 0 radical (unpaired) electrons. The zero-order valence-corrected chi connectivity index (χ0v) is 12.3. The third-order valence-corrected chi connectivity index (χ3v) is 4.31. The molecule has 0 aliphatic carbocycles. The van der Waals surface area contributed by atoms with Crippen LogP contribution in [0.4, 0.5) is 5.13 Å². The fourth-order valence-electron chi connectivity index (χ4n) is 2.08. The van der Waals surface area contributed by atoms with Crippen molar-refractivity contribution in [2.24, 2.45) is 0 Å². The predicted molar refractivity (Wildman–Crippen MR) is 76.4 cm³/mol. The molecule has 102 valence electrons. The molecule has 0 atom stereocenters. The molecule has 0 spiro atoms. The van der Waals surface area contributed by atoms with E-state index in [9.17, 15) is 5.11 Å². The molecule has 0 bridgehead atoms. The SMILES string of the molecule is Cc1csc(N2CCN(CCC(C)(C)O)CC2)n1. The van der Waals surface area contributed by atoms with Gasteiger partial charge in [-0.1, -0.05) is 0 Å². The van der Waals surface area contributed by atoms with Gasteiger partial charge >= 0.3 is 0 Å². The summed E-state index contributed by atoms with van der Waals surface area (Å²) in [5.41, 5.74) is 0.559. The Kier molecular flexibility index (Phi) is 4.25. The number of nitrogens with zero attached hydrogens (tertiary/aromatic N) is 3. The minimum atomic E-state index is -0.552. The Balaban J connectivity index is 1.78. The van der Waals surface area contributed by atoms with Crippen LogP contribution in [0.25, 0.3) is 0 Å². The van der Waals surface area contributed by atoms with Crippen LogP contribution in [0.15, 0.2) is 5.38 Å². The molecule has 0 saturated carbocycles. The highest BCUT2D eigenvalue weighted by Gasteiger charge is 2.21. The minimum Gasteiger partial charge on any atom is -0.390 e. The van der Waals surface area contributed by atoms with Crippen LogP contribution in [0, 0.1) is 6.92 Å². The van der Waals surface area contributed by atoms with Crippen LogP contribution in [0.3, 0.4) is 0 Å². The highest BCUT2D eigenvalue weighted by molar-refractivity contribution is 7.13. The first kappa shape index (κ1) is 13.8. The third kappa shape index (κ3) is 3.93. The third-order valence-electron chi connectivity index (χ3n) is 3.29. The molecule has 1 aliphatic heterocycles. The molecule has 4 nitrogen and oxygen atoms in total. The highest BCUT2D eigenvalue weighted by atomic mass is 32.1. The van der Waals surface area contributed by atoms with Crippen LogP contribution in [-0.2, 0) is 0 Å². The van der Waals surface area contributed by atoms with Crippen LogP contribution < -0.4 is 4.90 Å². The summed E-state index contributed by atoms with van der Waals surface area (Å²) in [6, 6.07) is 0. The number of aryl methyl sites for hydroxylation is 1. The average molecular weight is 269 g/mol. The second-order valence-electron chi connectivity index (χ2n) is 5.66. The zero-order valence-electron chi connectivity index (χ0n) is 11.5. The molecule has 0 amide bonds. The molecule has 18 heavy (non-hydrogen) atoms. The molecular formula is C13H23N3OS. The molecule has 0 aromatic carbocycles. The van der Waals surface area contributed by atoms with Gasteiger partial charge in [-0.3, -0.25) is 4.90 Å². The molecule has 2 heterocycles. The lowest BCUT2D eigenvalue weighted by Gasteiger charge is -2.35. The monoisotopic (exact) mass is 269 g/mol. The smallest absolute Gasteiger partial charge is 0.185 e. The number of aliphatic hydroxyl groups is 1. The van der Waals surface area contributed by atoms with Crippen molar-refractivity contribution in [1.29, 1.82) is 0 Å². The maximum Gasteiger partial charge on any atom is 0.185 e. The summed E-state index contributed by atoms with van der Waals surface area (Å²) >= 11 is 1.73. The maximum absolute atomic E-state index is 9.74. The number of hydrogen-bond acceptors (Lipinski definition) is 5. The van der Waals surface area contributed by atoms with Crippen LogP contribution in [0.1, 0.15) is 26.0 Å². The van der Waals surface area contributed by atoms with Gasteiger partial charge in [0.15, 0.2) is 5.13 Å². The molecule has 0 unspecified atom stereocenters. The minimum absolute atomic E-state index is 0.552. The summed E-state index contributed by atoms with van der Waals surface area (Å²) in [5.74, 6) is 0. The summed E-state index contributed by atoms with van der Waals surface area (Å²) in [6.07, 6.45) is 0.837. The number of rotatable bonds is 4. The second-order valence-corrected chi connectivity index (χ2v) is 6.50. The quantitative estimate of drug-likeness (QED) is 0.904. The van der Waals surface area contributed by atoms with E-state index in [-0.39, 0.29) is 0 Å². The first-order chi connectivity index (χ1) is 8.44. The number of piperazine rings is 1. The average Bonchev–Trinajstić information content (AvgIpc) is 2.73. The Morgan fingerprint density at radius 1 is 1.33 bits per heavy atom. The van der Waals surface area contributed by atoms with E-state index in [2.05, 4.69) is 20.2 Å². The number of aromatic nitrogens is 1. The van der Waals surface area contributed by atoms with Crippen molar-refractivity contribution >= 4 is 16.5 Å². The van der Waals surface area contributed by atoms with Crippen molar-refractivity contribution < 1.29 is 5.11 Å². The summed E-state index contributed by atoms with van der Waals surface area (Å²) in [4.78, 5) is 9.32. The van der Waals surface area contributed by atoms with E-state index in [1.165, 1.54) is 0 Å². The van der Waals surface area contributed by atoms with Crippen molar-refractivity contribution in [1.82, 2.24) is 9.88 Å². The second kappa shape index (κ2) is 5.55. The molecule has 1 saturated heterocycles. The topological polar surface area (TPSA) is 39.6 Å². The zero-order chi connectivity index (χ0) is 13.2. The van der Waals surface area contributed by atoms with Gasteiger partial charge in [-0.05, 0) is 27.2 Å². The van der Waals surface area contributed by atoms with E-state index in [1.807, 2.05) is 20.8 Å². The standard InChI is InChI=1S/C13H23N3OS/c1-11-10-18-12(14-11)16-8-6-15(7-9-16)5-4-13(2,3)17/h10,17H,4-9H2,1-3H3. The lowest BCUT2D eigenvalue weighted by Crippen LogP contribution is -2.47. The Morgan fingerprint density at radius 3 is 2.50 bits per heavy atom. The number of hydrogen-bond donors (Lipinski definition) is 1. The number of thiazole rings is 1. The number of anilines is 1. The van der Waals surface area contributed by atoms with E-state index in [0.29, 0.717) is 0 Å². The molecule has 1 aromatic rings. The Hall–Kier alpha value is -0.650. The first-order valence-corrected chi connectivity index (χ1v) is 7.44. The lowest BCUT2D eigenvalue weighted by atomic mass is 10.1. The van der Waals surface area contributed by atoms with E-state index in [4.69, 9.17) is 0 Å². The van der Waals surface area contributed by atoms with Gasteiger partial charge in [-0.2, -0.15) is 0 Å². The van der Waals surface area contributed by atoms with Crippen LogP contribution in [0.2, 0.25) is 0 Å². The largest absolute Gasteiger partial charge is 0.390 e. The fourth-order valence-corrected chi connectivity index (χ4v) is 2.94. The lowest BCUT2D eigenvalue weighted by molar-refractivity contribution is 0.0569. The Bertz CT molecular complexity index is 378. The fraction of sp³-hybridized carbons (Fsp3) is 0.769. The summed E-state index contributed by atoms with van der Waals surface area (Å²) in [7, 11) is 0. The summed E-state index contributed by atoms with van der Waals surface area (Å²) in [5, 5.41) is 13.0. The van der Waals surface area contributed by atoms with Gasteiger partial charge in [-0.25, -0.2) is 4.98 Å². The van der Waals surface area contributed by atoms with Crippen molar-refractivity contribution in [3.8, 4) is 0 Å². The van der Waals surface area contributed by atoms with E-state index >= 15 is 0 Å². The van der Waals surface area contributed by atoms with Crippen molar-refractivity contribution in [2.45, 2.75) is 32.8 Å². The molecular weight excluding hydrogens is 246 g/mol. The van der Waals surface area contributed by atoms with Gasteiger partial charge in [0.1, 0.15) is 0 Å². The van der Waals surface area contributed by atoms with Crippen LogP contribution >= 0.6 is 11.3 Å². The first-order valence-electron chi connectivity index (χ1n) is 6.56. The van der Waals surface area contributed by atoms with Crippen molar-refractivity contribution in [3.63, 3.8) is 0 Å². The van der Waals surface area contributed by atoms with Gasteiger partial charge < -0.3 is 10.0 Å². The van der Waals surface area contributed by atoms with Gasteiger partial charge in [-0.15, -0.1) is 11.3 Å². The molecule has 5 heteroatoms. The Morgan fingerprint density at radius 2 is 2.00 bits per heavy atom. The Labute approximate surface area is 113 Å². The molecule has 1 aromatic heterocycles. The summed E-state index contributed by atoms with van der Waals surface area (Å²) < 4.78 is 0. The maximum atomic E-state index is 9.74. The van der Waals surface area contributed by atoms with E-state index in [1.54, 1.807) is 11.3 Å². The van der Waals surface area contributed by atoms with Crippen molar-refractivity contribution in [3.05, 3.63) is 11.1 Å². The molecule has 1 N–H and O–H groups in total. The van der Waals surface area contributed by atoms with Crippen molar-refractivity contribution in [2.75, 3.05) is 37.6 Å². The van der Waals surface area contributed by atoms with E-state index in [0.717, 1.165) is 50.0 Å². The predicted octanol–water partition coefficient (Wildman–Crippen LogP) is 1.73. The normalized spacial score (nSPS) is 18.3. The van der Waals surface area contributed by atoms with E-state index < -0.39 is 5.60 Å². The molecule has 1 fully saturated rings. The van der Waals surface area contributed by atoms with Gasteiger partial charge in [0.05, 0.1) is 11.3 Å². The molecule has 1 aliphatic rings. The highest BCUT2D eigenvalue weighted by Crippen LogP contribution is 2.21.